The zero-order valence-corrected chi connectivity index (χ0v) is 7.84. The van der Waals surface area contributed by atoms with Crippen molar-refractivity contribution in [2.24, 2.45) is 5.92 Å². The largest absolute Gasteiger partial charge is 0.394 e. The molecule has 0 saturated heterocycles. The Morgan fingerprint density at radius 3 is 2.00 bits per heavy atom. The van der Waals surface area contributed by atoms with Gasteiger partial charge in [0.2, 0.25) is 0 Å². The van der Waals surface area contributed by atoms with Crippen molar-refractivity contribution in [2.45, 2.75) is 54.6 Å². The van der Waals surface area contributed by atoms with Crippen LogP contribution in [-0.2, 0) is 4.74 Å². The third-order valence-electron chi connectivity index (χ3n) is 1.97. The van der Waals surface area contributed by atoms with Crippen molar-refractivity contribution in [3.05, 3.63) is 0 Å². The van der Waals surface area contributed by atoms with Crippen molar-refractivity contribution in [2.75, 3.05) is 13.2 Å². The van der Waals surface area contributed by atoms with Gasteiger partial charge in [0.15, 0.2) is 0 Å². The maximum atomic E-state index is 8.79. The zero-order chi connectivity index (χ0) is 8.69. The molecule has 0 aliphatic rings. The van der Waals surface area contributed by atoms with Crippen LogP contribution < -0.4 is 0 Å². The second-order valence-corrected chi connectivity index (χ2v) is 3.06. The van der Waals surface area contributed by atoms with Crippen LogP contribution in [0.2, 0.25) is 0 Å². The zero-order valence-electron chi connectivity index (χ0n) is 7.84. The first-order chi connectivity index (χ1) is 5.24. The maximum Gasteiger partial charge on any atom is 0.0803 e. The van der Waals surface area contributed by atoms with E-state index in [1.54, 1.807) is 0 Å². The van der Waals surface area contributed by atoms with Crippen LogP contribution in [0.25, 0.3) is 0 Å². The standard InChI is InChI=1S/C9H20O2.2CH4/c1-4-8(3)7-11-9(5-2)6-10;;/h8-10H,4-7H2,1-3H3;2*1H4. The minimum atomic E-state index is 0. The Morgan fingerprint density at radius 2 is 1.69 bits per heavy atom. The van der Waals surface area contributed by atoms with Gasteiger partial charge >= 0.3 is 0 Å². The van der Waals surface area contributed by atoms with Gasteiger partial charge in [-0.05, 0) is 12.3 Å². The molecular weight excluding hydrogens is 164 g/mol. The van der Waals surface area contributed by atoms with Gasteiger partial charge in [0, 0.05) is 6.61 Å². The molecule has 2 heteroatoms. The second-order valence-electron chi connectivity index (χ2n) is 3.06. The molecule has 2 unspecified atom stereocenters. The van der Waals surface area contributed by atoms with Crippen molar-refractivity contribution < 1.29 is 9.84 Å². The lowest BCUT2D eigenvalue weighted by Crippen LogP contribution is -2.19. The maximum absolute atomic E-state index is 8.79. The normalized spacial score (nSPS) is 13.8. The Hall–Kier alpha value is -0.0800. The highest BCUT2D eigenvalue weighted by molar-refractivity contribution is 4.54. The number of hydrogen-bond acceptors (Lipinski definition) is 2. The minimum absolute atomic E-state index is 0. The second kappa shape index (κ2) is 11.9. The Morgan fingerprint density at radius 1 is 1.15 bits per heavy atom. The summed E-state index contributed by atoms with van der Waals surface area (Å²) >= 11 is 0. The molecule has 13 heavy (non-hydrogen) atoms. The highest BCUT2D eigenvalue weighted by Gasteiger charge is 2.06. The topological polar surface area (TPSA) is 29.5 Å². The van der Waals surface area contributed by atoms with Gasteiger partial charge in [0.25, 0.3) is 0 Å². The number of hydrogen-bond donors (Lipinski definition) is 1. The van der Waals surface area contributed by atoms with E-state index < -0.39 is 0 Å². The molecule has 0 spiro atoms. The molecule has 0 aliphatic carbocycles. The van der Waals surface area contributed by atoms with Crippen LogP contribution in [0.1, 0.15) is 48.5 Å². The van der Waals surface area contributed by atoms with Crippen molar-refractivity contribution >= 4 is 0 Å². The molecule has 0 fully saturated rings. The van der Waals surface area contributed by atoms with E-state index in [0.29, 0.717) is 5.92 Å². The van der Waals surface area contributed by atoms with E-state index in [0.717, 1.165) is 19.4 Å². The summed E-state index contributed by atoms with van der Waals surface area (Å²) in [5.41, 5.74) is 0. The van der Waals surface area contributed by atoms with Crippen LogP contribution in [0.4, 0.5) is 0 Å². The van der Waals surface area contributed by atoms with Gasteiger partial charge in [0.1, 0.15) is 0 Å². The SMILES string of the molecule is C.C.CCC(C)COC(CC)CO. The van der Waals surface area contributed by atoms with Crippen LogP contribution in [-0.4, -0.2) is 24.4 Å². The predicted octanol–water partition coefficient (Wildman–Crippen LogP) is 3.09. The third-order valence-corrected chi connectivity index (χ3v) is 1.97. The Balaban J connectivity index is -0.000000500. The molecule has 0 rings (SSSR count). The highest BCUT2D eigenvalue weighted by atomic mass is 16.5. The van der Waals surface area contributed by atoms with Crippen LogP contribution in [0.5, 0.6) is 0 Å². The summed E-state index contributed by atoms with van der Waals surface area (Å²) in [7, 11) is 0. The van der Waals surface area contributed by atoms with Gasteiger partial charge in [0.05, 0.1) is 12.7 Å². The van der Waals surface area contributed by atoms with Gasteiger partial charge < -0.3 is 9.84 Å². The molecule has 2 nitrogen and oxygen atoms in total. The molecule has 0 amide bonds. The average molecular weight is 192 g/mol. The predicted molar refractivity (Wildman–Crippen MR) is 60.0 cm³/mol. The molecular formula is C11H28O2. The van der Waals surface area contributed by atoms with Gasteiger partial charge in [-0.1, -0.05) is 42.0 Å². The Bertz CT molecular complexity index is 80.2. The molecule has 1 N–H and O–H groups in total. The molecule has 0 aliphatic heterocycles. The van der Waals surface area contributed by atoms with Crippen LogP contribution in [0.15, 0.2) is 0 Å². The number of aliphatic hydroxyl groups excluding tert-OH is 1. The molecule has 0 bridgehead atoms. The lowest BCUT2D eigenvalue weighted by Gasteiger charge is -2.15. The number of ether oxygens (including phenoxy) is 1. The van der Waals surface area contributed by atoms with E-state index in [9.17, 15) is 0 Å². The molecule has 84 valence electrons. The number of rotatable bonds is 6. The Labute approximate surface area is 84.3 Å². The number of aliphatic hydroxyl groups is 1. The van der Waals surface area contributed by atoms with Crippen molar-refractivity contribution in [1.29, 1.82) is 0 Å². The summed E-state index contributed by atoms with van der Waals surface area (Å²) in [6.07, 6.45) is 2.08. The van der Waals surface area contributed by atoms with Crippen molar-refractivity contribution in [3.8, 4) is 0 Å². The lowest BCUT2D eigenvalue weighted by atomic mass is 10.1. The third kappa shape index (κ3) is 9.84. The van der Waals surface area contributed by atoms with Gasteiger partial charge in [-0.2, -0.15) is 0 Å². The molecule has 0 aromatic heterocycles. The van der Waals surface area contributed by atoms with Crippen LogP contribution >= 0.6 is 0 Å². The smallest absolute Gasteiger partial charge is 0.0803 e. The summed E-state index contributed by atoms with van der Waals surface area (Å²) in [6, 6.07) is 0. The first-order valence-corrected chi connectivity index (χ1v) is 4.47. The highest BCUT2D eigenvalue weighted by Crippen LogP contribution is 2.04. The first-order valence-electron chi connectivity index (χ1n) is 4.47. The average Bonchev–Trinajstić information content (AvgIpc) is 2.06. The fourth-order valence-electron chi connectivity index (χ4n) is 0.718. The van der Waals surface area contributed by atoms with Gasteiger partial charge in [-0.3, -0.25) is 0 Å². The van der Waals surface area contributed by atoms with E-state index in [1.165, 1.54) is 0 Å². The van der Waals surface area contributed by atoms with Crippen molar-refractivity contribution in [3.63, 3.8) is 0 Å². The quantitative estimate of drug-likeness (QED) is 0.700. The molecule has 2 atom stereocenters. The first kappa shape index (κ1) is 18.7. The molecule has 0 aromatic carbocycles. The van der Waals surface area contributed by atoms with Gasteiger partial charge in [-0.15, -0.1) is 0 Å². The molecule has 0 saturated carbocycles. The van der Waals surface area contributed by atoms with Gasteiger partial charge in [-0.25, -0.2) is 0 Å². The summed E-state index contributed by atoms with van der Waals surface area (Å²) in [6.45, 7) is 7.25. The minimum Gasteiger partial charge on any atom is -0.394 e. The van der Waals surface area contributed by atoms with Crippen LogP contribution in [0, 0.1) is 5.92 Å². The summed E-state index contributed by atoms with van der Waals surface area (Å²) in [4.78, 5) is 0. The molecule has 0 radical (unpaired) electrons. The lowest BCUT2D eigenvalue weighted by molar-refractivity contribution is -0.00431. The van der Waals surface area contributed by atoms with E-state index >= 15 is 0 Å². The molecule has 0 heterocycles. The van der Waals surface area contributed by atoms with Crippen LogP contribution in [0.3, 0.4) is 0 Å². The summed E-state index contributed by atoms with van der Waals surface area (Å²) in [5, 5.41) is 8.79. The molecule has 0 aromatic rings. The van der Waals surface area contributed by atoms with E-state index in [1.807, 2.05) is 6.92 Å². The summed E-state index contributed by atoms with van der Waals surface area (Å²) in [5.74, 6) is 0.607. The summed E-state index contributed by atoms with van der Waals surface area (Å²) < 4.78 is 5.44. The van der Waals surface area contributed by atoms with Crippen molar-refractivity contribution in [1.82, 2.24) is 0 Å². The van der Waals surface area contributed by atoms with E-state index in [2.05, 4.69) is 13.8 Å². The monoisotopic (exact) mass is 192 g/mol. The fraction of sp³-hybridized carbons (Fsp3) is 1.00. The van der Waals surface area contributed by atoms with E-state index in [-0.39, 0.29) is 27.6 Å². The fourth-order valence-corrected chi connectivity index (χ4v) is 0.718. The Kier molecular flexibility index (Phi) is 17.1. The van der Waals surface area contributed by atoms with E-state index in [4.69, 9.17) is 9.84 Å².